The number of nitrogens with zero attached hydrogens (tertiary/aromatic N) is 2. The van der Waals surface area contributed by atoms with E-state index in [-0.39, 0.29) is 12.3 Å². The smallest absolute Gasteiger partial charge is 0.304 e. The number of thioether (sulfide) groups is 1. The van der Waals surface area contributed by atoms with Gasteiger partial charge in [-0.2, -0.15) is 16.9 Å². The van der Waals surface area contributed by atoms with Crippen molar-refractivity contribution in [2.45, 2.75) is 31.4 Å². The number of carboxylic acids is 1. The van der Waals surface area contributed by atoms with E-state index < -0.39 is 11.9 Å². The summed E-state index contributed by atoms with van der Waals surface area (Å²) in [4.78, 5) is 39.5. The van der Waals surface area contributed by atoms with Crippen molar-refractivity contribution in [2.75, 3.05) is 36.2 Å². The van der Waals surface area contributed by atoms with Crippen LogP contribution in [0.4, 0.5) is 11.4 Å². The third-order valence-electron chi connectivity index (χ3n) is 6.63. The van der Waals surface area contributed by atoms with Crippen molar-refractivity contribution >= 4 is 47.1 Å². The molecule has 1 aliphatic heterocycles. The Bertz CT molecular complexity index is 1390. The Morgan fingerprint density at radius 3 is 2.51 bits per heavy atom. The van der Waals surface area contributed by atoms with Crippen molar-refractivity contribution in [1.82, 2.24) is 5.43 Å². The number of ether oxygens (including phenoxy) is 1. The van der Waals surface area contributed by atoms with Crippen molar-refractivity contribution in [3.8, 4) is 5.75 Å². The van der Waals surface area contributed by atoms with Crippen molar-refractivity contribution in [3.05, 3.63) is 89.0 Å². The molecule has 0 saturated carbocycles. The van der Waals surface area contributed by atoms with Gasteiger partial charge in [-0.25, -0.2) is 5.43 Å². The molecule has 3 aromatic carbocycles. The molecule has 4 rings (SSSR count). The highest BCUT2D eigenvalue weighted by molar-refractivity contribution is 7.98. The molecule has 0 unspecified atom stereocenters. The molecule has 2 amide bonds. The summed E-state index contributed by atoms with van der Waals surface area (Å²) >= 11 is 1.50. The van der Waals surface area contributed by atoms with E-state index in [2.05, 4.69) is 20.7 Å². The molecule has 9 nitrogen and oxygen atoms in total. The van der Waals surface area contributed by atoms with Crippen molar-refractivity contribution in [2.24, 2.45) is 5.10 Å². The average molecular weight is 575 g/mol. The summed E-state index contributed by atoms with van der Waals surface area (Å²) in [5.74, 6) is 0.205. The number of methoxy groups -OCH3 is 1. The Morgan fingerprint density at radius 1 is 1.00 bits per heavy atom. The summed E-state index contributed by atoms with van der Waals surface area (Å²) in [5, 5.41) is 15.8. The number of hydrogen-bond acceptors (Lipinski definition) is 7. The maximum Gasteiger partial charge on any atom is 0.304 e. The van der Waals surface area contributed by atoms with E-state index >= 15 is 0 Å². The van der Waals surface area contributed by atoms with Crippen molar-refractivity contribution in [1.29, 1.82) is 0 Å². The minimum absolute atomic E-state index is 0.0905. The first kappa shape index (κ1) is 29.7. The largest absolute Gasteiger partial charge is 0.497 e. The lowest BCUT2D eigenvalue weighted by Crippen LogP contribution is -2.30. The van der Waals surface area contributed by atoms with Crippen LogP contribution in [-0.4, -0.2) is 55.1 Å². The predicted molar refractivity (Wildman–Crippen MR) is 163 cm³/mol. The van der Waals surface area contributed by atoms with Gasteiger partial charge in [-0.3, -0.25) is 14.4 Å². The van der Waals surface area contributed by atoms with E-state index in [1.54, 1.807) is 43.7 Å². The highest BCUT2D eigenvalue weighted by Crippen LogP contribution is 2.27. The molecule has 0 bridgehead atoms. The Morgan fingerprint density at radius 2 is 1.78 bits per heavy atom. The van der Waals surface area contributed by atoms with Gasteiger partial charge in [0.2, 0.25) is 0 Å². The number of hydrazone groups is 1. The number of carbonyl (C=O) groups excluding carboxylic acids is 2. The van der Waals surface area contributed by atoms with E-state index in [4.69, 9.17) is 9.84 Å². The number of aliphatic carboxylic acids is 1. The van der Waals surface area contributed by atoms with Gasteiger partial charge in [0, 0.05) is 35.8 Å². The molecule has 1 saturated heterocycles. The van der Waals surface area contributed by atoms with Crippen LogP contribution in [0.25, 0.3) is 0 Å². The maximum atomic E-state index is 13.3. The Kier molecular flexibility index (Phi) is 10.8. The number of benzene rings is 3. The zero-order valence-corrected chi connectivity index (χ0v) is 23.8. The number of hydrogen-bond donors (Lipinski definition) is 3. The number of carboxylic acid groups (broad SMARTS) is 1. The van der Waals surface area contributed by atoms with Crippen LogP contribution in [0.2, 0.25) is 0 Å². The lowest BCUT2D eigenvalue weighted by molar-refractivity contribution is -0.136. The van der Waals surface area contributed by atoms with E-state index in [0.717, 1.165) is 48.5 Å². The summed E-state index contributed by atoms with van der Waals surface area (Å²) in [7, 11) is 1.60. The molecule has 3 N–H and O–H groups in total. The van der Waals surface area contributed by atoms with Gasteiger partial charge in [-0.05, 0) is 85.0 Å². The molecular formula is C31H34N4O5S. The van der Waals surface area contributed by atoms with E-state index in [0.29, 0.717) is 28.3 Å². The van der Waals surface area contributed by atoms with Gasteiger partial charge >= 0.3 is 5.97 Å². The van der Waals surface area contributed by atoms with Gasteiger partial charge in [-0.15, -0.1) is 0 Å². The second-order valence-electron chi connectivity index (χ2n) is 9.60. The van der Waals surface area contributed by atoms with Crippen LogP contribution >= 0.6 is 11.8 Å². The molecule has 41 heavy (non-hydrogen) atoms. The molecular weight excluding hydrogens is 540 g/mol. The second kappa shape index (κ2) is 14.9. The van der Waals surface area contributed by atoms with Crippen LogP contribution in [0.5, 0.6) is 5.75 Å². The summed E-state index contributed by atoms with van der Waals surface area (Å²) in [6.07, 6.45) is 5.01. The second-order valence-corrected chi connectivity index (χ2v) is 10.7. The number of piperidine rings is 1. The van der Waals surface area contributed by atoms with E-state index in [1.807, 2.05) is 36.4 Å². The van der Waals surface area contributed by atoms with Gasteiger partial charge in [0.15, 0.2) is 0 Å². The van der Waals surface area contributed by atoms with E-state index in [9.17, 15) is 14.4 Å². The minimum atomic E-state index is -0.830. The quantitative estimate of drug-likeness (QED) is 0.150. The molecule has 0 atom stereocenters. The summed E-state index contributed by atoms with van der Waals surface area (Å²) in [6.45, 7) is 1.83. The lowest BCUT2D eigenvalue weighted by atomic mass is 10.1. The fraction of sp³-hybridized carbons (Fsp3) is 0.290. The van der Waals surface area contributed by atoms with Gasteiger partial charge in [-0.1, -0.05) is 12.1 Å². The molecule has 3 aromatic rings. The van der Waals surface area contributed by atoms with Crippen molar-refractivity contribution in [3.63, 3.8) is 0 Å². The molecule has 214 valence electrons. The lowest BCUT2D eigenvalue weighted by Gasteiger charge is -2.29. The predicted octanol–water partition coefficient (Wildman–Crippen LogP) is 5.41. The Balaban J connectivity index is 1.50. The van der Waals surface area contributed by atoms with Crippen LogP contribution < -0.4 is 20.4 Å². The van der Waals surface area contributed by atoms with Crippen LogP contribution in [-0.2, 0) is 10.5 Å². The SMILES string of the molecule is COc1ccc(/C=N/NC(=O)c2cc(N3CCCCC3)ccc2NC(=O)c2cccc(CSCCC(=O)O)c2)cc1. The van der Waals surface area contributed by atoms with Gasteiger partial charge in [0.25, 0.3) is 11.8 Å². The first-order valence-corrected chi connectivity index (χ1v) is 14.6. The van der Waals surface area contributed by atoms with Crippen molar-refractivity contribution < 1.29 is 24.2 Å². The molecule has 0 spiro atoms. The highest BCUT2D eigenvalue weighted by Gasteiger charge is 2.19. The standard InChI is InChI=1S/C31H34N4O5S/c1-40-26-11-8-22(9-12-26)20-32-34-31(39)27-19-25(35-15-3-2-4-16-35)10-13-28(27)33-30(38)24-7-5-6-23(18-24)21-41-17-14-29(36)37/h5-13,18-20H,2-4,14-17,21H2,1H3,(H,33,38)(H,34,39)(H,36,37)/b32-20+. The molecule has 0 aromatic heterocycles. The van der Waals surface area contributed by atoms with Gasteiger partial charge < -0.3 is 20.1 Å². The van der Waals surface area contributed by atoms with Crippen LogP contribution in [0.1, 0.15) is 57.5 Å². The zero-order valence-electron chi connectivity index (χ0n) is 23.0. The third kappa shape index (κ3) is 8.84. The molecule has 0 radical (unpaired) electrons. The fourth-order valence-electron chi connectivity index (χ4n) is 4.44. The Labute approximate surface area is 244 Å². The Hall–Kier alpha value is -4.31. The summed E-state index contributed by atoms with van der Waals surface area (Å²) < 4.78 is 5.17. The molecule has 1 fully saturated rings. The molecule has 1 heterocycles. The number of amides is 2. The average Bonchev–Trinajstić information content (AvgIpc) is 3.00. The number of anilines is 2. The third-order valence-corrected chi connectivity index (χ3v) is 7.66. The summed E-state index contributed by atoms with van der Waals surface area (Å²) in [5.41, 5.74) is 6.37. The first-order valence-electron chi connectivity index (χ1n) is 13.5. The topological polar surface area (TPSA) is 120 Å². The number of rotatable bonds is 12. The monoisotopic (exact) mass is 574 g/mol. The first-order chi connectivity index (χ1) is 19.9. The van der Waals surface area contributed by atoms with Gasteiger partial charge in [0.1, 0.15) is 5.75 Å². The number of carbonyl (C=O) groups is 3. The normalized spacial score (nSPS) is 13.1. The fourth-order valence-corrected chi connectivity index (χ4v) is 5.32. The molecule has 0 aliphatic carbocycles. The maximum absolute atomic E-state index is 13.3. The van der Waals surface area contributed by atoms with Crippen LogP contribution in [0.15, 0.2) is 71.8 Å². The summed E-state index contributed by atoms with van der Waals surface area (Å²) in [6, 6.07) is 19.9. The highest BCUT2D eigenvalue weighted by atomic mass is 32.2. The van der Waals surface area contributed by atoms with Gasteiger partial charge in [0.05, 0.1) is 31.0 Å². The molecule has 10 heteroatoms. The molecule has 1 aliphatic rings. The van der Waals surface area contributed by atoms with Crippen LogP contribution in [0.3, 0.4) is 0 Å². The van der Waals surface area contributed by atoms with Crippen LogP contribution in [0, 0.1) is 0 Å². The minimum Gasteiger partial charge on any atom is -0.497 e. The zero-order chi connectivity index (χ0) is 29.0. The number of nitrogens with one attached hydrogen (secondary N) is 2. The van der Waals surface area contributed by atoms with E-state index in [1.165, 1.54) is 18.2 Å².